The predicted octanol–water partition coefficient (Wildman–Crippen LogP) is 2.29. The molecule has 0 unspecified atom stereocenters. The number of nitrogens with one attached hydrogen (secondary N) is 1. The van der Waals surface area contributed by atoms with Gasteiger partial charge in [-0.2, -0.15) is 13.2 Å². The van der Waals surface area contributed by atoms with Crippen LogP contribution in [0.25, 0.3) is 0 Å². The second kappa shape index (κ2) is 8.00. The van der Waals surface area contributed by atoms with E-state index in [2.05, 4.69) is 10.1 Å². The van der Waals surface area contributed by atoms with Gasteiger partial charge in [0.15, 0.2) is 0 Å². The van der Waals surface area contributed by atoms with Gasteiger partial charge in [0.2, 0.25) is 5.76 Å². The molecule has 0 bridgehead atoms. The van der Waals surface area contributed by atoms with Crippen LogP contribution in [0.2, 0.25) is 0 Å². The monoisotopic (exact) mass is 337 g/mol. The summed E-state index contributed by atoms with van der Waals surface area (Å²) in [5, 5.41) is 2.12. The van der Waals surface area contributed by atoms with Crippen LogP contribution >= 0.6 is 0 Å². The molecule has 0 radical (unpaired) electrons. The maximum atomic E-state index is 12.2. The molecule has 1 aromatic rings. The fourth-order valence-electron chi connectivity index (χ4n) is 1.71. The molecule has 0 aromatic carbocycles. The summed E-state index contributed by atoms with van der Waals surface area (Å²) in [4.78, 5) is 23.1. The number of alkyl halides is 3. The van der Waals surface area contributed by atoms with Crippen molar-refractivity contribution in [2.45, 2.75) is 32.7 Å². The fraction of sp³-hybridized carbons (Fsp3) is 0.571. The van der Waals surface area contributed by atoms with Gasteiger partial charge in [-0.05, 0) is 18.1 Å². The topological polar surface area (TPSA) is 77.8 Å². The molecule has 9 heteroatoms. The lowest BCUT2D eigenvalue weighted by molar-refractivity contribution is -0.152. The van der Waals surface area contributed by atoms with E-state index in [1.807, 2.05) is 0 Å². The Labute approximate surface area is 130 Å². The Hall–Kier alpha value is -2.03. The van der Waals surface area contributed by atoms with Crippen LogP contribution in [-0.4, -0.2) is 37.8 Å². The molecule has 6 nitrogen and oxygen atoms in total. The Balaban J connectivity index is 2.58. The van der Waals surface area contributed by atoms with Gasteiger partial charge in [-0.1, -0.05) is 13.8 Å². The molecule has 0 saturated heterocycles. The minimum Gasteiger partial charge on any atom is -0.463 e. The Kier molecular flexibility index (Phi) is 6.62. The van der Waals surface area contributed by atoms with Crippen LogP contribution < -0.4 is 5.32 Å². The lowest BCUT2D eigenvalue weighted by Gasteiger charge is -2.21. The van der Waals surface area contributed by atoms with Crippen LogP contribution in [0, 0.1) is 5.92 Å². The Morgan fingerprint density at radius 2 is 1.96 bits per heavy atom. The first-order valence-electron chi connectivity index (χ1n) is 6.78. The summed E-state index contributed by atoms with van der Waals surface area (Å²) in [6.45, 7) is 1.60. The summed E-state index contributed by atoms with van der Waals surface area (Å²) in [5.74, 6) is -1.80. The van der Waals surface area contributed by atoms with Crippen molar-refractivity contribution in [2.24, 2.45) is 5.92 Å². The van der Waals surface area contributed by atoms with Gasteiger partial charge in [0.1, 0.15) is 18.4 Å². The van der Waals surface area contributed by atoms with Crippen molar-refractivity contribution in [1.29, 1.82) is 0 Å². The third-order valence-electron chi connectivity index (χ3n) is 2.85. The smallest absolute Gasteiger partial charge is 0.401 e. The zero-order valence-corrected chi connectivity index (χ0v) is 12.9. The van der Waals surface area contributed by atoms with Crippen LogP contribution in [0.15, 0.2) is 16.5 Å². The van der Waals surface area contributed by atoms with E-state index in [0.717, 1.165) is 0 Å². The maximum Gasteiger partial charge on any atom is 0.401 e. The van der Waals surface area contributed by atoms with Crippen LogP contribution in [0.5, 0.6) is 0 Å². The average molecular weight is 337 g/mol. The Morgan fingerprint density at radius 3 is 2.48 bits per heavy atom. The summed E-state index contributed by atoms with van der Waals surface area (Å²) in [6, 6.07) is 1.65. The molecule has 1 N–H and O–H groups in total. The third-order valence-corrected chi connectivity index (χ3v) is 2.85. The number of halogens is 3. The number of hydrogen-bond acceptors (Lipinski definition) is 6. The number of carbonyl (C=O) groups excluding carboxylic acids is 2. The number of hydrogen-bond donors (Lipinski definition) is 1. The van der Waals surface area contributed by atoms with Crippen LogP contribution in [-0.2, 0) is 20.9 Å². The van der Waals surface area contributed by atoms with Crippen molar-refractivity contribution in [3.63, 3.8) is 0 Å². The van der Waals surface area contributed by atoms with Gasteiger partial charge in [0.25, 0.3) is 0 Å². The Bertz CT molecular complexity index is 539. The molecule has 0 aliphatic heterocycles. The van der Waals surface area contributed by atoms with E-state index in [1.54, 1.807) is 13.8 Å². The summed E-state index contributed by atoms with van der Waals surface area (Å²) in [6.07, 6.45) is -4.43. The van der Waals surface area contributed by atoms with Gasteiger partial charge in [-0.15, -0.1) is 0 Å². The molecule has 0 aliphatic rings. The molecule has 0 fully saturated rings. The van der Waals surface area contributed by atoms with Gasteiger partial charge in [-0.25, -0.2) is 4.79 Å². The highest BCUT2D eigenvalue weighted by atomic mass is 19.4. The maximum absolute atomic E-state index is 12.2. The number of furan rings is 1. The van der Waals surface area contributed by atoms with E-state index in [1.165, 1.54) is 19.2 Å². The minimum atomic E-state index is -4.43. The van der Waals surface area contributed by atoms with Gasteiger partial charge >= 0.3 is 18.1 Å². The molecular formula is C14H18F3NO5. The zero-order chi connectivity index (χ0) is 17.6. The Morgan fingerprint density at radius 1 is 1.30 bits per heavy atom. The number of esters is 2. The van der Waals surface area contributed by atoms with Gasteiger partial charge in [0, 0.05) is 0 Å². The summed E-state index contributed by atoms with van der Waals surface area (Å²) >= 11 is 0. The van der Waals surface area contributed by atoms with Crippen molar-refractivity contribution >= 4 is 11.9 Å². The highest BCUT2D eigenvalue weighted by Crippen LogP contribution is 2.15. The lowest BCUT2D eigenvalue weighted by atomic mass is 10.0. The molecule has 1 rings (SSSR count). The average Bonchev–Trinajstić information content (AvgIpc) is 2.91. The molecule has 0 amide bonds. The molecule has 1 aromatic heterocycles. The molecule has 130 valence electrons. The second-order valence-corrected chi connectivity index (χ2v) is 5.08. The largest absolute Gasteiger partial charge is 0.463 e. The molecule has 1 heterocycles. The molecule has 1 atom stereocenters. The first-order valence-corrected chi connectivity index (χ1v) is 6.78. The van der Waals surface area contributed by atoms with E-state index in [0.29, 0.717) is 0 Å². The van der Waals surface area contributed by atoms with Crippen molar-refractivity contribution in [3.8, 4) is 0 Å². The minimum absolute atomic E-state index is 0.0610. The highest BCUT2D eigenvalue weighted by molar-refractivity contribution is 5.86. The molecule has 23 heavy (non-hydrogen) atoms. The number of rotatable bonds is 7. The van der Waals surface area contributed by atoms with Gasteiger partial charge in [-0.3, -0.25) is 10.1 Å². The summed E-state index contributed by atoms with van der Waals surface area (Å²) < 4.78 is 51.2. The van der Waals surface area contributed by atoms with Gasteiger partial charge in [0.05, 0.1) is 13.7 Å². The quantitative estimate of drug-likeness (QED) is 0.769. The number of carbonyl (C=O) groups is 2. The van der Waals surface area contributed by atoms with Crippen molar-refractivity contribution in [2.75, 3.05) is 13.7 Å². The normalized spacial score (nSPS) is 13.0. The molecule has 0 aliphatic carbocycles. The molecule has 0 saturated carbocycles. The standard InChI is InChI=1S/C14H18F3NO5/c1-8(2)11(18-7-14(15,16)17)13(20)22-6-9-4-5-10(23-9)12(19)21-3/h4-5,8,11,18H,6-7H2,1-3H3/t11-/m0/s1. The number of methoxy groups -OCH3 is 1. The molecule has 0 spiro atoms. The van der Waals surface area contributed by atoms with E-state index in [-0.39, 0.29) is 18.1 Å². The highest BCUT2D eigenvalue weighted by Gasteiger charge is 2.32. The van der Waals surface area contributed by atoms with E-state index >= 15 is 0 Å². The number of ether oxygens (including phenoxy) is 2. The van der Waals surface area contributed by atoms with Crippen molar-refractivity contribution in [3.05, 3.63) is 23.7 Å². The van der Waals surface area contributed by atoms with Crippen LogP contribution in [0.4, 0.5) is 13.2 Å². The van der Waals surface area contributed by atoms with Crippen LogP contribution in [0.3, 0.4) is 0 Å². The SMILES string of the molecule is COC(=O)c1ccc(COC(=O)[C@@H](NCC(F)(F)F)C(C)C)o1. The first-order chi connectivity index (χ1) is 10.6. The summed E-state index contributed by atoms with van der Waals surface area (Å²) in [7, 11) is 1.18. The van der Waals surface area contributed by atoms with Crippen molar-refractivity contribution < 1.29 is 36.7 Å². The van der Waals surface area contributed by atoms with E-state index < -0.39 is 36.6 Å². The van der Waals surface area contributed by atoms with E-state index in [4.69, 9.17) is 9.15 Å². The zero-order valence-electron chi connectivity index (χ0n) is 12.9. The summed E-state index contributed by atoms with van der Waals surface area (Å²) in [5.41, 5.74) is 0. The predicted molar refractivity (Wildman–Crippen MR) is 72.5 cm³/mol. The van der Waals surface area contributed by atoms with Crippen LogP contribution in [0.1, 0.15) is 30.2 Å². The van der Waals surface area contributed by atoms with E-state index in [9.17, 15) is 22.8 Å². The fourth-order valence-corrected chi connectivity index (χ4v) is 1.71. The lowest BCUT2D eigenvalue weighted by Crippen LogP contribution is -2.46. The third kappa shape index (κ3) is 6.31. The van der Waals surface area contributed by atoms with Crippen molar-refractivity contribution in [1.82, 2.24) is 5.32 Å². The van der Waals surface area contributed by atoms with Gasteiger partial charge < -0.3 is 13.9 Å². The molecular weight excluding hydrogens is 319 g/mol. The first kappa shape index (κ1) is 19.0. The second-order valence-electron chi connectivity index (χ2n) is 5.08.